The van der Waals surface area contributed by atoms with Crippen molar-refractivity contribution in [2.75, 3.05) is 26.7 Å². The van der Waals surface area contributed by atoms with E-state index in [1.807, 2.05) is 0 Å². The molecule has 2 amide bonds. The van der Waals surface area contributed by atoms with Gasteiger partial charge in [-0.15, -0.1) is 0 Å². The summed E-state index contributed by atoms with van der Waals surface area (Å²) in [6.45, 7) is 0.252. The number of sulfone groups is 1. The molecule has 2 aromatic carbocycles. The fraction of sp³-hybridized carbons (Fsp3) is 0.300. The van der Waals surface area contributed by atoms with Crippen LogP contribution in [0.25, 0.3) is 0 Å². The third kappa shape index (κ3) is 4.54. The molecule has 30 heavy (non-hydrogen) atoms. The maximum atomic E-state index is 13.5. The summed E-state index contributed by atoms with van der Waals surface area (Å²) in [6.07, 6.45) is -0.492. The Bertz CT molecular complexity index is 1070. The van der Waals surface area contributed by atoms with Gasteiger partial charge in [0, 0.05) is 26.1 Å². The topological polar surface area (TPSA) is 113 Å². The minimum atomic E-state index is -4.02. The Morgan fingerprint density at radius 3 is 2.60 bits per heavy atom. The van der Waals surface area contributed by atoms with Crippen LogP contribution in [-0.2, 0) is 14.6 Å². The molecule has 8 nitrogen and oxygen atoms in total. The van der Waals surface area contributed by atoms with Crippen LogP contribution in [0.2, 0.25) is 0 Å². The Morgan fingerprint density at radius 1 is 1.23 bits per heavy atom. The van der Waals surface area contributed by atoms with E-state index in [1.54, 1.807) is 6.07 Å². The zero-order valence-corrected chi connectivity index (χ0v) is 17.0. The standard InChI is InChI=1S/C20H21FN2O6S/c1-22-19(24)12-29-18-10-16(30(27,28)15-4-2-3-14(21)9-15)5-6-17(18)13-7-8-23(11-13)20(25)26/h2-6,9-10,13H,7-8,11-12H2,1H3,(H,22,24)(H,25,26). The van der Waals surface area contributed by atoms with Crippen molar-refractivity contribution < 1.29 is 32.2 Å². The molecule has 3 rings (SSSR count). The average molecular weight is 436 g/mol. The second kappa shape index (κ2) is 8.70. The first-order chi connectivity index (χ1) is 14.2. The van der Waals surface area contributed by atoms with E-state index in [-0.39, 0.29) is 34.6 Å². The van der Waals surface area contributed by atoms with Crippen LogP contribution in [0.4, 0.5) is 9.18 Å². The number of nitrogens with zero attached hydrogens (tertiary/aromatic N) is 1. The van der Waals surface area contributed by atoms with Crippen LogP contribution in [0, 0.1) is 5.82 Å². The summed E-state index contributed by atoms with van der Waals surface area (Å²) in [7, 11) is -2.57. The Hall–Kier alpha value is -3.14. The quantitative estimate of drug-likeness (QED) is 0.718. The third-order valence-corrected chi connectivity index (χ3v) is 6.69. The average Bonchev–Trinajstić information content (AvgIpc) is 3.22. The molecule has 0 aliphatic carbocycles. The summed E-state index contributed by atoms with van der Waals surface area (Å²) >= 11 is 0. The summed E-state index contributed by atoms with van der Waals surface area (Å²) in [6, 6.07) is 8.90. The Balaban J connectivity index is 1.99. The molecule has 0 saturated carbocycles. The summed E-state index contributed by atoms with van der Waals surface area (Å²) in [5.41, 5.74) is 0.612. The van der Waals surface area contributed by atoms with Gasteiger partial charge in [0.15, 0.2) is 6.61 Å². The van der Waals surface area contributed by atoms with Crippen LogP contribution >= 0.6 is 0 Å². The van der Waals surface area contributed by atoms with Gasteiger partial charge in [0.05, 0.1) is 9.79 Å². The predicted octanol–water partition coefficient (Wildman–Crippen LogP) is 2.25. The highest BCUT2D eigenvalue weighted by Crippen LogP contribution is 2.36. The number of likely N-dealkylation sites (N-methyl/N-ethyl adjacent to an activating group) is 1. The molecule has 0 aromatic heterocycles. The first kappa shape index (κ1) is 21.6. The molecular weight excluding hydrogens is 415 g/mol. The minimum absolute atomic E-state index is 0.114. The van der Waals surface area contributed by atoms with Gasteiger partial charge in [-0.3, -0.25) is 4.79 Å². The van der Waals surface area contributed by atoms with E-state index < -0.39 is 27.7 Å². The fourth-order valence-corrected chi connectivity index (χ4v) is 4.62. The number of carbonyl (C=O) groups is 2. The lowest BCUT2D eigenvalue weighted by Crippen LogP contribution is -2.27. The lowest BCUT2D eigenvalue weighted by Gasteiger charge is -2.18. The number of halogens is 1. The van der Waals surface area contributed by atoms with Crippen LogP contribution in [0.5, 0.6) is 5.75 Å². The monoisotopic (exact) mass is 436 g/mol. The molecule has 1 fully saturated rings. The zero-order chi connectivity index (χ0) is 21.9. The van der Waals surface area contributed by atoms with Gasteiger partial charge in [-0.05, 0) is 42.3 Å². The van der Waals surface area contributed by atoms with Crippen LogP contribution in [0.1, 0.15) is 17.9 Å². The van der Waals surface area contributed by atoms with E-state index in [9.17, 15) is 27.5 Å². The highest BCUT2D eigenvalue weighted by Gasteiger charge is 2.30. The predicted molar refractivity (Wildman–Crippen MR) is 105 cm³/mol. The lowest BCUT2D eigenvalue weighted by atomic mass is 9.97. The van der Waals surface area contributed by atoms with Crippen molar-refractivity contribution in [2.24, 2.45) is 0 Å². The molecule has 10 heteroatoms. The lowest BCUT2D eigenvalue weighted by molar-refractivity contribution is -0.122. The van der Waals surface area contributed by atoms with Gasteiger partial charge in [0.1, 0.15) is 11.6 Å². The van der Waals surface area contributed by atoms with Gasteiger partial charge < -0.3 is 20.1 Å². The number of hydrogen-bond acceptors (Lipinski definition) is 5. The molecule has 1 atom stereocenters. The maximum absolute atomic E-state index is 13.5. The molecule has 1 aliphatic heterocycles. The molecule has 0 spiro atoms. The van der Waals surface area contributed by atoms with Crippen molar-refractivity contribution in [3.63, 3.8) is 0 Å². The van der Waals surface area contributed by atoms with E-state index in [0.29, 0.717) is 18.5 Å². The number of ether oxygens (including phenoxy) is 1. The molecule has 160 valence electrons. The number of amides is 2. The second-order valence-electron chi connectivity index (χ2n) is 6.84. The SMILES string of the molecule is CNC(=O)COc1cc(S(=O)(=O)c2cccc(F)c2)ccc1C1CCN(C(=O)O)C1. The molecule has 1 heterocycles. The Kier molecular flexibility index (Phi) is 6.25. The number of hydrogen-bond donors (Lipinski definition) is 2. The first-order valence-electron chi connectivity index (χ1n) is 9.18. The van der Waals surface area contributed by atoms with E-state index in [4.69, 9.17) is 4.74 Å². The number of rotatable bonds is 6. The number of carbonyl (C=O) groups excluding carboxylic acids is 1. The van der Waals surface area contributed by atoms with E-state index in [2.05, 4.69) is 5.32 Å². The molecular formula is C20H21FN2O6S. The van der Waals surface area contributed by atoms with Crippen LogP contribution < -0.4 is 10.1 Å². The molecule has 0 bridgehead atoms. The summed E-state index contributed by atoms with van der Waals surface area (Å²) in [5, 5.41) is 11.6. The van der Waals surface area contributed by atoms with Crippen molar-refractivity contribution in [3.8, 4) is 5.75 Å². The van der Waals surface area contributed by atoms with E-state index in [0.717, 1.165) is 12.1 Å². The Labute approximate surface area is 173 Å². The Morgan fingerprint density at radius 2 is 1.97 bits per heavy atom. The van der Waals surface area contributed by atoms with Crippen molar-refractivity contribution in [1.29, 1.82) is 0 Å². The number of nitrogens with one attached hydrogen (secondary N) is 1. The summed E-state index contributed by atoms with van der Waals surface area (Å²) < 4.78 is 44.9. The van der Waals surface area contributed by atoms with Crippen LogP contribution in [-0.4, -0.2) is 57.2 Å². The third-order valence-electron chi connectivity index (χ3n) is 4.94. The highest BCUT2D eigenvalue weighted by atomic mass is 32.2. The molecule has 1 aliphatic rings. The molecule has 2 aromatic rings. The van der Waals surface area contributed by atoms with Crippen molar-refractivity contribution in [2.45, 2.75) is 22.1 Å². The van der Waals surface area contributed by atoms with Gasteiger partial charge in [-0.1, -0.05) is 12.1 Å². The van der Waals surface area contributed by atoms with Gasteiger partial charge in [-0.25, -0.2) is 17.6 Å². The van der Waals surface area contributed by atoms with Crippen LogP contribution in [0.3, 0.4) is 0 Å². The summed E-state index contributed by atoms with van der Waals surface area (Å²) in [4.78, 5) is 23.8. The van der Waals surface area contributed by atoms with Crippen LogP contribution in [0.15, 0.2) is 52.3 Å². The zero-order valence-electron chi connectivity index (χ0n) is 16.2. The maximum Gasteiger partial charge on any atom is 0.407 e. The van der Waals surface area contributed by atoms with Crippen molar-refractivity contribution in [3.05, 3.63) is 53.8 Å². The molecule has 2 N–H and O–H groups in total. The normalized spacial score (nSPS) is 16.3. The van der Waals surface area contributed by atoms with E-state index >= 15 is 0 Å². The van der Waals surface area contributed by atoms with Gasteiger partial charge in [0.2, 0.25) is 9.84 Å². The fourth-order valence-electron chi connectivity index (χ4n) is 3.32. The highest BCUT2D eigenvalue weighted by molar-refractivity contribution is 7.91. The number of carboxylic acid groups (broad SMARTS) is 1. The van der Waals surface area contributed by atoms with E-state index in [1.165, 1.54) is 36.2 Å². The molecule has 1 saturated heterocycles. The largest absolute Gasteiger partial charge is 0.483 e. The number of benzene rings is 2. The van der Waals surface area contributed by atoms with Gasteiger partial charge in [0.25, 0.3) is 5.91 Å². The van der Waals surface area contributed by atoms with Gasteiger partial charge >= 0.3 is 6.09 Å². The minimum Gasteiger partial charge on any atom is -0.483 e. The molecule has 1 unspecified atom stereocenters. The smallest absolute Gasteiger partial charge is 0.407 e. The van der Waals surface area contributed by atoms with Gasteiger partial charge in [-0.2, -0.15) is 0 Å². The van der Waals surface area contributed by atoms with Crippen molar-refractivity contribution in [1.82, 2.24) is 10.2 Å². The van der Waals surface area contributed by atoms with Crippen molar-refractivity contribution >= 4 is 21.8 Å². The number of likely N-dealkylation sites (tertiary alicyclic amines) is 1. The second-order valence-corrected chi connectivity index (χ2v) is 8.79. The first-order valence-corrected chi connectivity index (χ1v) is 10.7. The summed E-state index contributed by atoms with van der Waals surface area (Å²) in [5.74, 6) is -1.11. The molecule has 0 radical (unpaired) electrons.